The van der Waals surface area contributed by atoms with Gasteiger partial charge in [-0.2, -0.15) is 13.2 Å². The normalized spacial score (nSPS) is 14.9. The van der Waals surface area contributed by atoms with Crippen LogP contribution in [-0.4, -0.2) is 25.5 Å². The van der Waals surface area contributed by atoms with Crippen LogP contribution in [0, 0.1) is 0 Å². The summed E-state index contributed by atoms with van der Waals surface area (Å²) in [5, 5.41) is 9.89. The van der Waals surface area contributed by atoms with Gasteiger partial charge in [0.1, 0.15) is 11.5 Å². The summed E-state index contributed by atoms with van der Waals surface area (Å²) < 4.78 is 48.9. The zero-order valence-corrected chi connectivity index (χ0v) is 11.4. The Morgan fingerprint density at radius 3 is 2.05 bits per heavy atom. The zero-order chi connectivity index (χ0) is 14.8. The number of halogens is 4. The number of hydrogen-bond donors (Lipinski definition) is 1. The van der Waals surface area contributed by atoms with Gasteiger partial charge in [0, 0.05) is 11.6 Å². The number of rotatable bonds is 4. The van der Waals surface area contributed by atoms with Crippen LogP contribution in [0.3, 0.4) is 0 Å². The molecule has 0 radical (unpaired) electrons. The van der Waals surface area contributed by atoms with E-state index < -0.39 is 23.8 Å². The van der Waals surface area contributed by atoms with Gasteiger partial charge in [0.2, 0.25) is 0 Å². The Kier molecular flexibility index (Phi) is 4.58. The maximum atomic E-state index is 13.0. The predicted molar refractivity (Wildman–Crippen MR) is 64.8 cm³/mol. The Morgan fingerprint density at radius 1 is 1.16 bits per heavy atom. The van der Waals surface area contributed by atoms with Crippen molar-refractivity contribution < 1.29 is 27.8 Å². The highest BCUT2D eigenvalue weighted by Crippen LogP contribution is 2.47. The van der Waals surface area contributed by atoms with Crippen LogP contribution >= 0.6 is 11.6 Å². The van der Waals surface area contributed by atoms with Gasteiger partial charge in [-0.05, 0) is 12.5 Å². The summed E-state index contributed by atoms with van der Waals surface area (Å²) in [5.41, 5.74) is -3.45. The van der Waals surface area contributed by atoms with Crippen molar-refractivity contribution in [3.8, 4) is 11.5 Å². The number of benzene rings is 1. The van der Waals surface area contributed by atoms with E-state index in [9.17, 15) is 18.3 Å². The fourth-order valence-electron chi connectivity index (χ4n) is 1.73. The zero-order valence-electron chi connectivity index (χ0n) is 10.6. The van der Waals surface area contributed by atoms with Crippen molar-refractivity contribution in [1.29, 1.82) is 0 Å². The van der Waals surface area contributed by atoms with Crippen molar-refractivity contribution >= 4 is 11.6 Å². The van der Waals surface area contributed by atoms with Crippen molar-refractivity contribution in [1.82, 2.24) is 0 Å². The highest BCUT2D eigenvalue weighted by atomic mass is 35.5. The quantitative estimate of drug-likeness (QED) is 0.924. The molecule has 7 heteroatoms. The van der Waals surface area contributed by atoms with Gasteiger partial charge < -0.3 is 14.6 Å². The van der Waals surface area contributed by atoms with E-state index in [1.54, 1.807) is 0 Å². The summed E-state index contributed by atoms with van der Waals surface area (Å²) in [4.78, 5) is 0. The molecule has 19 heavy (non-hydrogen) atoms. The summed E-state index contributed by atoms with van der Waals surface area (Å²) in [7, 11) is 2.54. The molecule has 1 N–H and O–H groups in total. The maximum Gasteiger partial charge on any atom is 0.421 e. The van der Waals surface area contributed by atoms with E-state index in [1.165, 1.54) is 27.2 Å². The van der Waals surface area contributed by atoms with E-state index in [4.69, 9.17) is 21.1 Å². The third-order valence-electron chi connectivity index (χ3n) is 2.90. The first-order chi connectivity index (χ1) is 8.71. The summed E-state index contributed by atoms with van der Waals surface area (Å²) in [6, 6.07) is 2.22. The Balaban J connectivity index is 3.52. The molecule has 1 aromatic rings. The van der Waals surface area contributed by atoms with Gasteiger partial charge in [0.15, 0.2) is 5.60 Å². The molecule has 0 bridgehead atoms. The van der Waals surface area contributed by atoms with Crippen LogP contribution in [-0.2, 0) is 5.60 Å². The third-order valence-corrected chi connectivity index (χ3v) is 3.20. The highest BCUT2D eigenvalue weighted by Gasteiger charge is 2.55. The lowest BCUT2D eigenvalue weighted by atomic mass is 9.89. The third kappa shape index (κ3) is 2.74. The number of methoxy groups -OCH3 is 2. The van der Waals surface area contributed by atoms with Crippen LogP contribution < -0.4 is 9.47 Å². The molecule has 0 spiro atoms. The molecule has 0 heterocycles. The average molecular weight is 299 g/mol. The molecule has 0 aliphatic carbocycles. The molecule has 1 aromatic carbocycles. The summed E-state index contributed by atoms with van der Waals surface area (Å²) in [6.45, 7) is 1.23. The molecule has 1 rings (SSSR count). The van der Waals surface area contributed by atoms with E-state index >= 15 is 0 Å². The number of alkyl halides is 3. The fraction of sp³-hybridized carbons (Fsp3) is 0.500. The largest absolute Gasteiger partial charge is 0.496 e. The Hall–Kier alpha value is -1.14. The van der Waals surface area contributed by atoms with Gasteiger partial charge >= 0.3 is 6.18 Å². The van der Waals surface area contributed by atoms with E-state index in [0.29, 0.717) is 0 Å². The Labute approximate surface area is 113 Å². The molecular formula is C12H14ClF3O3. The molecule has 1 atom stereocenters. The molecule has 0 saturated heterocycles. The first-order valence-electron chi connectivity index (χ1n) is 5.42. The van der Waals surface area contributed by atoms with Crippen LogP contribution in [0.25, 0.3) is 0 Å². The van der Waals surface area contributed by atoms with Crippen molar-refractivity contribution in [3.63, 3.8) is 0 Å². The topological polar surface area (TPSA) is 38.7 Å². The monoisotopic (exact) mass is 298 g/mol. The van der Waals surface area contributed by atoms with Crippen molar-refractivity contribution in [2.24, 2.45) is 0 Å². The molecular weight excluding hydrogens is 285 g/mol. The van der Waals surface area contributed by atoms with Gasteiger partial charge in [-0.3, -0.25) is 0 Å². The molecule has 0 fully saturated rings. The molecule has 108 valence electrons. The van der Waals surface area contributed by atoms with Gasteiger partial charge in [0.05, 0.1) is 19.2 Å². The molecule has 0 saturated carbocycles. The second kappa shape index (κ2) is 5.46. The van der Waals surface area contributed by atoms with Crippen LogP contribution in [0.15, 0.2) is 12.1 Å². The van der Waals surface area contributed by atoms with Crippen LogP contribution in [0.4, 0.5) is 13.2 Å². The average Bonchev–Trinajstić information content (AvgIpc) is 2.36. The van der Waals surface area contributed by atoms with E-state index in [0.717, 1.165) is 6.07 Å². The van der Waals surface area contributed by atoms with E-state index in [-0.39, 0.29) is 16.5 Å². The number of hydrogen-bond acceptors (Lipinski definition) is 3. The standard InChI is InChI=1S/C12H14ClF3O3/c1-4-11(17,12(14,15)16)7-5-8(13)10(19-3)6-9(7)18-2/h5-6,17H,4H2,1-3H3. The maximum absolute atomic E-state index is 13.0. The van der Waals surface area contributed by atoms with Gasteiger partial charge in [0.25, 0.3) is 0 Å². The molecule has 0 aliphatic heterocycles. The lowest BCUT2D eigenvalue weighted by molar-refractivity contribution is -0.268. The smallest absolute Gasteiger partial charge is 0.421 e. The van der Waals surface area contributed by atoms with Gasteiger partial charge in [-0.15, -0.1) is 0 Å². The molecule has 0 aromatic heterocycles. The van der Waals surface area contributed by atoms with Crippen LogP contribution in [0.5, 0.6) is 11.5 Å². The minimum atomic E-state index is -4.84. The van der Waals surface area contributed by atoms with E-state index in [2.05, 4.69) is 0 Å². The Bertz CT molecular complexity index is 462. The summed E-state index contributed by atoms with van der Waals surface area (Å²) in [5.74, 6) is 0.0332. The molecule has 0 amide bonds. The first kappa shape index (κ1) is 15.9. The van der Waals surface area contributed by atoms with Crippen LogP contribution in [0.2, 0.25) is 5.02 Å². The lowest BCUT2D eigenvalue weighted by Crippen LogP contribution is -2.42. The highest BCUT2D eigenvalue weighted by molar-refractivity contribution is 6.32. The lowest BCUT2D eigenvalue weighted by Gasteiger charge is -2.31. The summed E-state index contributed by atoms with van der Waals surface area (Å²) in [6.07, 6.45) is -5.40. The second-order valence-electron chi connectivity index (χ2n) is 3.90. The fourth-order valence-corrected chi connectivity index (χ4v) is 1.97. The van der Waals surface area contributed by atoms with Gasteiger partial charge in [-0.1, -0.05) is 18.5 Å². The summed E-state index contributed by atoms with van der Waals surface area (Å²) >= 11 is 5.81. The Morgan fingerprint density at radius 2 is 1.68 bits per heavy atom. The predicted octanol–water partition coefficient (Wildman–Crippen LogP) is 3.52. The number of ether oxygens (including phenoxy) is 2. The van der Waals surface area contributed by atoms with Crippen molar-refractivity contribution in [3.05, 3.63) is 22.7 Å². The van der Waals surface area contributed by atoms with Crippen LogP contribution in [0.1, 0.15) is 18.9 Å². The molecule has 1 unspecified atom stereocenters. The minimum Gasteiger partial charge on any atom is -0.496 e. The van der Waals surface area contributed by atoms with Gasteiger partial charge in [-0.25, -0.2) is 0 Å². The SMILES string of the molecule is CCC(O)(c1cc(Cl)c(OC)cc1OC)C(F)(F)F. The van der Waals surface area contributed by atoms with E-state index in [1.807, 2.05) is 0 Å². The van der Waals surface area contributed by atoms with Crippen molar-refractivity contribution in [2.75, 3.05) is 14.2 Å². The minimum absolute atomic E-state index is 0.0329. The molecule has 3 nitrogen and oxygen atoms in total. The molecule has 0 aliphatic rings. The number of aliphatic hydroxyl groups is 1. The van der Waals surface area contributed by atoms with Crippen molar-refractivity contribution in [2.45, 2.75) is 25.1 Å². The second-order valence-corrected chi connectivity index (χ2v) is 4.31. The first-order valence-corrected chi connectivity index (χ1v) is 5.80.